The van der Waals surface area contributed by atoms with Crippen LogP contribution in [0.1, 0.15) is 61.8 Å². The van der Waals surface area contributed by atoms with Crippen LogP contribution in [0.4, 0.5) is 23.4 Å². The number of amides is 1. The Balaban J connectivity index is 1.68. The number of anilines is 1. The lowest BCUT2D eigenvalue weighted by Gasteiger charge is -2.35. The number of nitrogens with one attached hydrogen (secondary N) is 1. The molecule has 1 atom stereocenters. The number of carbonyl (C=O) groups is 1. The summed E-state index contributed by atoms with van der Waals surface area (Å²) in [5.74, 6) is -0.329. The van der Waals surface area contributed by atoms with E-state index in [0.717, 1.165) is 6.07 Å². The number of rotatable bonds is 5. The van der Waals surface area contributed by atoms with Crippen LogP contribution in [0.25, 0.3) is 10.9 Å². The third kappa shape index (κ3) is 4.53. The van der Waals surface area contributed by atoms with Crippen molar-refractivity contribution >= 4 is 22.6 Å². The minimum atomic E-state index is -2.93. The molecule has 2 aromatic heterocycles. The van der Waals surface area contributed by atoms with Crippen molar-refractivity contribution < 1.29 is 22.4 Å². The highest BCUT2D eigenvalue weighted by Crippen LogP contribution is 2.38. The lowest BCUT2D eigenvalue weighted by atomic mass is 9.89. The van der Waals surface area contributed by atoms with Gasteiger partial charge in [0, 0.05) is 43.8 Å². The molecule has 1 saturated heterocycles. The lowest BCUT2D eigenvalue weighted by molar-refractivity contribution is -0.131. The van der Waals surface area contributed by atoms with Crippen LogP contribution in [-0.2, 0) is 10.5 Å². The van der Waals surface area contributed by atoms with Crippen molar-refractivity contribution in [1.82, 2.24) is 19.9 Å². The average Bonchev–Trinajstić information content (AvgIpc) is 2.78. The number of hydrogen-bond acceptors (Lipinski definition) is 5. The molecule has 6 nitrogen and oxygen atoms in total. The fourth-order valence-electron chi connectivity index (χ4n) is 4.29. The van der Waals surface area contributed by atoms with Gasteiger partial charge in [-0.15, -0.1) is 0 Å². The lowest BCUT2D eigenvalue weighted by Crippen LogP contribution is -2.42. The quantitative estimate of drug-likeness (QED) is 0.501. The Morgan fingerprint density at radius 3 is 2.50 bits per heavy atom. The monoisotopic (exact) mass is 475 g/mol. The van der Waals surface area contributed by atoms with E-state index in [2.05, 4.69) is 20.3 Å². The second-order valence-electron chi connectivity index (χ2n) is 8.59. The van der Waals surface area contributed by atoms with Gasteiger partial charge in [0.15, 0.2) is 5.67 Å². The first-order chi connectivity index (χ1) is 16.1. The molecule has 180 valence electrons. The Morgan fingerprint density at radius 1 is 1.18 bits per heavy atom. The molecule has 1 fully saturated rings. The maximum Gasteiger partial charge on any atom is 0.266 e. The third-order valence-corrected chi connectivity index (χ3v) is 6.27. The van der Waals surface area contributed by atoms with Crippen LogP contribution in [0.3, 0.4) is 0 Å². The number of alkyl halides is 3. The first-order valence-electron chi connectivity index (χ1n) is 11.0. The van der Waals surface area contributed by atoms with Crippen LogP contribution in [-0.4, -0.2) is 38.8 Å². The number of fused-ring (bicyclic) bond motifs is 1. The fraction of sp³-hybridized carbons (Fsp3) is 0.417. The normalized spacial score (nSPS) is 16.6. The van der Waals surface area contributed by atoms with Gasteiger partial charge >= 0.3 is 0 Å². The number of hydrogen-bond donors (Lipinski definition) is 1. The van der Waals surface area contributed by atoms with Gasteiger partial charge in [-0.3, -0.25) is 9.78 Å². The summed E-state index contributed by atoms with van der Waals surface area (Å²) in [4.78, 5) is 26.2. The van der Waals surface area contributed by atoms with E-state index in [1.165, 1.54) is 25.3 Å². The maximum atomic E-state index is 15.8. The summed E-state index contributed by atoms with van der Waals surface area (Å²) in [5, 5.41) is 3.56. The number of aromatic nitrogens is 3. The number of nitrogens with zero attached hydrogens (tertiary/aromatic N) is 4. The summed E-state index contributed by atoms with van der Waals surface area (Å²) < 4.78 is 56.8. The topological polar surface area (TPSA) is 71.0 Å². The summed E-state index contributed by atoms with van der Waals surface area (Å²) in [6.45, 7) is 5.34. The Labute approximate surface area is 194 Å². The van der Waals surface area contributed by atoms with E-state index in [9.17, 15) is 18.0 Å². The zero-order chi connectivity index (χ0) is 24.6. The number of benzene rings is 1. The van der Waals surface area contributed by atoms with Gasteiger partial charge in [-0.2, -0.15) is 0 Å². The minimum Gasteiger partial charge on any atom is -0.363 e. The van der Waals surface area contributed by atoms with Crippen LogP contribution >= 0.6 is 0 Å². The molecule has 1 aliphatic heterocycles. The van der Waals surface area contributed by atoms with Crippen molar-refractivity contribution in [2.75, 3.05) is 18.4 Å². The zero-order valence-corrected chi connectivity index (χ0v) is 19.1. The molecule has 1 N–H and O–H groups in total. The number of halogens is 4. The summed E-state index contributed by atoms with van der Waals surface area (Å²) in [6.07, 6.45) is -1.24. The van der Waals surface area contributed by atoms with E-state index in [1.807, 2.05) is 0 Å². The van der Waals surface area contributed by atoms with Crippen LogP contribution in [0.2, 0.25) is 0 Å². The standard InChI is InChI=1S/C24H25F4N5O/c1-13(16-5-4-6-17(21(16)25)22(26)27)30-23-18-11-20(29-12-19(18)31-14(2)32-23)24(28)7-9-33(10-8-24)15(3)34/h4-6,11-13,22H,7-10H2,1-3H3,(H,30,31,32)/t13-/m1/s1. The molecule has 0 saturated carbocycles. The highest BCUT2D eigenvalue weighted by atomic mass is 19.3. The van der Waals surface area contributed by atoms with E-state index in [0.29, 0.717) is 22.5 Å². The third-order valence-electron chi connectivity index (χ3n) is 6.27. The molecule has 3 aromatic rings. The minimum absolute atomic E-state index is 0.0649. The summed E-state index contributed by atoms with van der Waals surface area (Å²) in [6, 6.07) is 4.73. The van der Waals surface area contributed by atoms with E-state index >= 15 is 4.39 Å². The van der Waals surface area contributed by atoms with Gasteiger partial charge in [-0.25, -0.2) is 27.5 Å². The second-order valence-corrected chi connectivity index (χ2v) is 8.59. The Hall–Kier alpha value is -3.30. The van der Waals surface area contributed by atoms with Gasteiger partial charge in [-0.1, -0.05) is 18.2 Å². The van der Waals surface area contributed by atoms with Crippen molar-refractivity contribution in [3.05, 3.63) is 58.9 Å². The second kappa shape index (κ2) is 9.15. The fourth-order valence-corrected chi connectivity index (χ4v) is 4.29. The SMILES string of the molecule is CC(=O)N1CCC(F)(c2cc3c(N[C@H](C)c4cccc(C(F)F)c4F)nc(C)nc3cn2)CC1. The summed E-state index contributed by atoms with van der Waals surface area (Å²) in [5.41, 5.74) is -1.64. The molecule has 34 heavy (non-hydrogen) atoms. The molecule has 0 unspecified atom stereocenters. The number of likely N-dealkylation sites (tertiary alicyclic amines) is 1. The van der Waals surface area contributed by atoms with Crippen LogP contribution in [0.15, 0.2) is 30.5 Å². The van der Waals surface area contributed by atoms with Crippen LogP contribution < -0.4 is 5.32 Å². The summed E-state index contributed by atoms with van der Waals surface area (Å²) in [7, 11) is 0. The van der Waals surface area contributed by atoms with Gasteiger partial charge in [0.1, 0.15) is 17.5 Å². The van der Waals surface area contributed by atoms with Crippen LogP contribution in [0, 0.1) is 12.7 Å². The van der Waals surface area contributed by atoms with Crippen molar-refractivity contribution in [3.8, 4) is 0 Å². The molecule has 1 aliphatic rings. The highest BCUT2D eigenvalue weighted by Gasteiger charge is 2.38. The Bertz CT molecular complexity index is 1230. The van der Waals surface area contributed by atoms with Crippen molar-refractivity contribution in [2.24, 2.45) is 0 Å². The first-order valence-corrected chi connectivity index (χ1v) is 11.0. The van der Waals surface area contributed by atoms with Gasteiger partial charge in [0.2, 0.25) is 5.91 Å². The number of aryl methyl sites for hydroxylation is 1. The molecule has 1 aromatic carbocycles. The number of pyridine rings is 1. The van der Waals surface area contributed by atoms with Crippen molar-refractivity contribution in [1.29, 1.82) is 0 Å². The molecule has 0 radical (unpaired) electrons. The molecule has 10 heteroatoms. The van der Waals surface area contributed by atoms with Crippen molar-refractivity contribution in [3.63, 3.8) is 0 Å². The van der Waals surface area contributed by atoms with Crippen molar-refractivity contribution in [2.45, 2.75) is 51.7 Å². The van der Waals surface area contributed by atoms with Gasteiger partial charge in [0.05, 0.1) is 29.0 Å². The molecule has 1 amide bonds. The van der Waals surface area contributed by atoms with E-state index in [1.54, 1.807) is 24.8 Å². The first kappa shape index (κ1) is 23.8. The average molecular weight is 475 g/mol. The Kier molecular flexibility index (Phi) is 6.42. The number of carbonyl (C=O) groups excluding carboxylic acids is 1. The largest absolute Gasteiger partial charge is 0.363 e. The van der Waals surface area contributed by atoms with E-state index in [4.69, 9.17) is 0 Å². The van der Waals surface area contributed by atoms with Gasteiger partial charge in [0.25, 0.3) is 6.43 Å². The molecule has 0 bridgehead atoms. The summed E-state index contributed by atoms with van der Waals surface area (Å²) >= 11 is 0. The molecule has 4 rings (SSSR count). The maximum absolute atomic E-state index is 15.8. The highest BCUT2D eigenvalue weighted by molar-refractivity contribution is 5.89. The molecule has 0 spiro atoms. The predicted molar refractivity (Wildman–Crippen MR) is 120 cm³/mol. The number of piperidine rings is 1. The smallest absolute Gasteiger partial charge is 0.266 e. The van der Waals surface area contributed by atoms with Gasteiger partial charge < -0.3 is 10.2 Å². The van der Waals surface area contributed by atoms with Crippen LogP contribution in [0.5, 0.6) is 0 Å². The van der Waals surface area contributed by atoms with E-state index < -0.39 is 29.5 Å². The molecule has 0 aliphatic carbocycles. The molecular weight excluding hydrogens is 450 g/mol. The molecule has 3 heterocycles. The molecular formula is C24H25F4N5O. The predicted octanol–water partition coefficient (Wildman–Crippen LogP) is 5.39. The van der Waals surface area contributed by atoms with E-state index in [-0.39, 0.29) is 43.1 Å². The zero-order valence-electron chi connectivity index (χ0n) is 19.1. The van der Waals surface area contributed by atoms with Gasteiger partial charge in [-0.05, 0) is 19.9 Å². The Morgan fingerprint density at radius 2 is 1.85 bits per heavy atom.